The molecule has 0 aliphatic carbocycles. The van der Waals surface area contributed by atoms with E-state index in [0.717, 1.165) is 24.8 Å². The van der Waals surface area contributed by atoms with Crippen molar-refractivity contribution < 1.29 is 23.9 Å². The fourth-order valence-electron chi connectivity index (χ4n) is 2.79. The number of aliphatic carboxylic acids is 1. The molecule has 1 unspecified atom stereocenters. The zero-order valence-electron chi connectivity index (χ0n) is 15.7. The Morgan fingerprint density at radius 2 is 1.71 bits per heavy atom. The molecule has 0 fully saturated rings. The van der Waals surface area contributed by atoms with Crippen LogP contribution in [0.2, 0.25) is 0 Å². The maximum Gasteiger partial charge on any atom is 0.303 e. The van der Waals surface area contributed by atoms with E-state index in [-0.39, 0.29) is 18.1 Å². The molecule has 0 saturated carbocycles. The largest absolute Gasteiger partial charge is 0.481 e. The summed E-state index contributed by atoms with van der Waals surface area (Å²) in [5.74, 6) is -1.32. The molecular formula is C21H26N2O5. The van der Waals surface area contributed by atoms with Crippen molar-refractivity contribution in [3.05, 3.63) is 60.1 Å². The van der Waals surface area contributed by atoms with E-state index in [1.54, 1.807) is 12.1 Å². The highest BCUT2D eigenvalue weighted by Crippen LogP contribution is 2.07. The van der Waals surface area contributed by atoms with Crippen LogP contribution in [0, 0.1) is 0 Å². The Hall–Kier alpha value is -3.09. The molecule has 7 nitrogen and oxygen atoms in total. The van der Waals surface area contributed by atoms with Gasteiger partial charge in [-0.15, -0.1) is 0 Å². The number of carboxylic acid groups (broad SMARTS) is 1. The Labute approximate surface area is 164 Å². The lowest BCUT2D eigenvalue weighted by molar-refractivity contribution is -0.137. The number of unbranched alkanes of at least 4 members (excludes halogenated alkanes) is 3. The Morgan fingerprint density at radius 3 is 2.39 bits per heavy atom. The summed E-state index contributed by atoms with van der Waals surface area (Å²) in [5, 5.41) is 14.2. The number of hydrogen-bond acceptors (Lipinski definition) is 4. The van der Waals surface area contributed by atoms with Crippen LogP contribution >= 0.6 is 0 Å². The van der Waals surface area contributed by atoms with Crippen LogP contribution in [0.3, 0.4) is 0 Å². The summed E-state index contributed by atoms with van der Waals surface area (Å²) in [6, 6.07) is 11.9. The number of nitrogens with one attached hydrogen (secondary N) is 2. The molecule has 7 heteroatoms. The molecule has 1 aromatic heterocycles. The van der Waals surface area contributed by atoms with Gasteiger partial charge in [-0.1, -0.05) is 43.2 Å². The highest BCUT2D eigenvalue weighted by Gasteiger charge is 2.22. The molecule has 1 atom stereocenters. The Morgan fingerprint density at radius 1 is 0.964 bits per heavy atom. The molecular weight excluding hydrogens is 360 g/mol. The van der Waals surface area contributed by atoms with E-state index in [9.17, 15) is 14.4 Å². The Kier molecular flexibility index (Phi) is 8.78. The van der Waals surface area contributed by atoms with Gasteiger partial charge in [0.25, 0.3) is 5.91 Å². The van der Waals surface area contributed by atoms with Gasteiger partial charge in [-0.05, 0) is 30.5 Å². The quantitative estimate of drug-likeness (QED) is 0.486. The summed E-state index contributed by atoms with van der Waals surface area (Å²) in [5.41, 5.74) is 0.941. The molecule has 28 heavy (non-hydrogen) atoms. The summed E-state index contributed by atoms with van der Waals surface area (Å²) < 4.78 is 5.09. The first-order valence-corrected chi connectivity index (χ1v) is 9.44. The lowest BCUT2D eigenvalue weighted by atomic mass is 10.0. The molecule has 0 aliphatic heterocycles. The second-order valence-corrected chi connectivity index (χ2v) is 6.54. The standard InChI is InChI=1S/C21H26N2O5/c24-19(25)12-6-1-2-7-13-22-20(26)17(15-16-9-4-3-5-10-16)23-21(27)18-11-8-14-28-18/h3-5,8-11,14,17H,1-2,6-7,12-13,15H2,(H,22,26)(H,23,27)(H,24,25). The number of hydrogen-bond donors (Lipinski definition) is 3. The first-order chi connectivity index (χ1) is 13.6. The first kappa shape index (κ1) is 21.2. The van der Waals surface area contributed by atoms with Crippen molar-refractivity contribution >= 4 is 17.8 Å². The maximum absolute atomic E-state index is 12.6. The monoisotopic (exact) mass is 386 g/mol. The van der Waals surface area contributed by atoms with Crippen molar-refractivity contribution in [3.63, 3.8) is 0 Å². The molecule has 2 rings (SSSR count). The summed E-state index contributed by atoms with van der Waals surface area (Å²) in [4.78, 5) is 35.4. The molecule has 0 radical (unpaired) electrons. The van der Waals surface area contributed by atoms with Gasteiger partial charge < -0.3 is 20.2 Å². The van der Waals surface area contributed by atoms with Crippen molar-refractivity contribution in [1.82, 2.24) is 10.6 Å². The lowest BCUT2D eigenvalue weighted by Crippen LogP contribution is -2.48. The highest BCUT2D eigenvalue weighted by molar-refractivity contribution is 5.95. The van der Waals surface area contributed by atoms with Crippen molar-refractivity contribution in [3.8, 4) is 0 Å². The van der Waals surface area contributed by atoms with E-state index in [0.29, 0.717) is 19.4 Å². The SMILES string of the molecule is O=C(O)CCCCCCNC(=O)C(Cc1ccccc1)NC(=O)c1ccco1. The third-order valence-corrected chi connectivity index (χ3v) is 4.27. The van der Waals surface area contributed by atoms with Crippen molar-refractivity contribution in [2.24, 2.45) is 0 Å². The maximum atomic E-state index is 12.6. The normalized spacial score (nSPS) is 11.6. The minimum atomic E-state index is -0.788. The minimum Gasteiger partial charge on any atom is -0.481 e. The van der Waals surface area contributed by atoms with Gasteiger partial charge in [0, 0.05) is 19.4 Å². The van der Waals surface area contributed by atoms with Gasteiger partial charge in [-0.2, -0.15) is 0 Å². The molecule has 2 aromatic rings. The van der Waals surface area contributed by atoms with Gasteiger partial charge >= 0.3 is 5.97 Å². The summed E-state index contributed by atoms with van der Waals surface area (Å²) in [6.45, 7) is 0.480. The second kappa shape index (κ2) is 11.6. The van der Waals surface area contributed by atoms with Gasteiger partial charge in [-0.3, -0.25) is 14.4 Å². The van der Waals surface area contributed by atoms with Crippen LogP contribution < -0.4 is 10.6 Å². The molecule has 2 amide bonds. The van der Waals surface area contributed by atoms with Gasteiger partial charge in [0.2, 0.25) is 5.91 Å². The first-order valence-electron chi connectivity index (χ1n) is 9.44. The van der Waals surface area contributed by atoms with Crippen molar-refractivity contribution in [1.29, 1.82) is 0 Å². The van der Waals surface area contributed by atoms with Gasteiger partial charge in [0.1, 0.15) is 6.04 Å². The molecule has 1 heterocycles. The summed E-state index contributed by atoms with van der Waals surface area (Å²) in [7, 11) is 0. The van der Waals surface area contributed by atoms with Crippen LogP contribution in [0.1, 0.15) is 48.2 Å². The van der Waals surface area contributed by atoms with Gasteiger partial charge in [0.15, 0.2) is 5.76 Å². The average molecular weight is 386 g/mol. The fourth-order valence-corrected chi connectivity index (χ4v) is 2.79. The van der Waals surface area contributed by atoms with Crippen LogP contribution in [0.15, 0.2) is 53.1 Å². The predicted molar refractivity (Wildman–Crippen MR) is 104 cm³/mol. The smallest absolute Gasteiger partial charge is 0.303 e. The Balaban J connectivity index is 1.84. The molecule has 150 valence electrons. The van der Waals surface area contributed by atoms with Gasteiger partial charge in [0.05, 0.1) is 6.26 Å². The third kappa shape index (κ3) is 7.65. The van der Waals surface area contributed by atoms with Crippen LogP contribution in [-0.2, 0) is 16.0 Å². The molecule has 3 N–H and O–H groups in total. The van der Waals surface area contributed by atoms with Crippen molar-refractivity contribution in [2.75, 3.05) is 6.54 Å². The van der Waals surface area contributed by atoms with E-state index < -0.39 is 17.9 Å². The summed E-state index contributed by atoms with van der Waals surface area (Å²) >= 11 is 0. The lowest BCUT2D eigenvalue weighted by Gasteiger charge is -2.18. The molecule has 0 spiro atoms. The number of rotatable bonds is 12. The topological polar surface area (TPSA) is 109 Å². The Bertz CT molecular complexity index is 743. The third-order valence-electron chi connectivity index (χ3n) is 4.27. The van der Waals surface area contributed by atoms with E-state index in [4.69, 9.17) is 9.52 Å². The number of carboxylic acids is 1. The minimum absolute atomic E-state index is 0.157. The van der Waals surface area contributed by atoms with E-state index in [1.165, 1.54) is 6.26 Å². The number of amides is 2. The molecule has 0 bridgehead atoms. The van der Waals surface area contributed by atoms with Gasteiger partial charge in [-0.25, -0.2) is 0 Å². The van der Waals surface area contributed by atoms with E-state index >= 15 is 0 Å². The number of carbonyl (C=O) groups excluding carboxylic acids is 2. The van der Waals surface area contributed by atoms with Crippen molar-refractivity contribution in [2.45, 2.75) is 44.6 Å². The van der Waals surface area contributed by atoms with Crippen LogP contribution in [-0.4, -0.2) is 35.5 Å². The summed E-state index contributed by atoms with van der Waals surface area (Å²) in [6.07, 6.45) is 5.00. The number of furan rings is 1. The predicted octanol–water partition coefficient (Wildman–Crippen LogP) is 2.77. The second-order valence-electron chi connectivity index (χ2n) is 6.54. The molecule has 0 saturated heterocycles. The molecule has 1 aromatic carbocycles. The fraction of sp³-hybridized carbons (Fsp3) is 0.381. The highest BCUT2D eigenvalue weighted by atomic mass is 16.4. The molecule has 0 aliphatic rings. The average Bonchev–Trinajstić information content (AvgIpc) is 3.22. The van der Waals surface area contributed by atoms with E-state index in [2.05, 4.69) is 10.6 Å². The van der Waals surface area contributed by atoms with Crippen LogP contribution in [0.5, 0.6) is 0 Å². The number of carbonyl (C=O) groups is 3. The van der Waals surface area contributed by atoms with Crippen LogP contribution in [0.25, 0.3) is 0 Å². The van der Waals surface area contributed by atoms with Crippen LogP contribution in [0.4, 0.5) is 0 Å². The number of benzene rings is 1. The zero-order valence-corrected chi connectivity index (χ0v) is 15.7. The zero-order chi connectivity index (χ0) is 20.2. The van der Waals surface area contributed by atoms with E-state index in [1.807, 2.05) is 30.3 Å².